The summed E-state index contributed by atoms with van der Waals surface area (Å²) in [6.07, 6.45) is 1.92. The third-order valence-electron chi connectivity index (χ3n) is 3.29. The van der Waals surface area contributed by atoms with Gasteiger partial charge >= 0.3 is 0 Å². The molecule has 0 aliphatic carbocycles. The number of halogens is 1. The molecule has 1 saturated heterocycles. The van der Waals surface area contributed by atoms with Crippen LogP contribution >= 0.6 is 23.4 Å². The fraction of sp³-hybridized carbons (Fsp3) is 0.571. The van der Waals surface area contributed by atoms with Crippen LogP contribution in [0.3, 0.4) is 0 Å². The van der Waals surface area contributed by atoms with Crippen LogP contribution in [0.2, 0.25) is 5.02 Å². The van der Waals surface area contributed by atoms with Gasteiger partial charge in [-0.05, 0) is 42.8 Å². The molecule has 1 fully saturated rings. The Bertz CT molecular complexity index is 572. The summed E-state index contributed by atoms with van der Waals surface area (Å²) in [5, 5.41) is 3.53. The number of rotatable bonds is 7. The molecule has 0 aromatic heterocycles. The molecule has 1 aliphatic rings. The molecule has 1 heterocycles. The molecule has 1 aromatic carbocycles. The Hall–Kier alpha value is -0.270. The first-order chi connectivity index (χ1) is 10.0. The van der Waals surface area contributed by atoms with Gasteiger partial charge < -0.3 is 5.32 Å². The number of hydrogen-bond acceptors (Lipinski definition) is 4. The van der Waals surface area contributed by atoms with Crippen molar-refractivity contribution in [2.24, 2.45) is 0 Å². The SMILES string of the molecule is CCCNCc1ccc(Cl)c(S(=O)(=O)NC2CCSC2)c1. The zero-order valence-corrected chi connectivity index (χ0v) is 14.5. The summed E-state index contributed by atoms with van der Waals surface area (Å²) in [7, 11) is -3.55. The maximum Gasteiger partial charge on any atom is 0.242 e. The van der Waals surface area contributed by atoms with Crippen LogP contribution in [0, 0.1) is 0 Å². The molecule has 0 spiro atoms. The molecule has 2 rings (SSSR count). The Kier molecular flexibility index (Phi) is 6.37. The van der Waals surface area contributed by atoms with E-state index in [1.54, 1.807) is 23.9 Å². The molecule has 0 saturated carbocycles. The molecule has 1 unspecified atom stereocenters. The van der Waals surface area contributed by atoms with E-state index in [9.17, 15) is 8.42 Å². The highest BCUT2D eigenvalue weighted by Gasteiger charge is 2.25. The highest BCUT2D eigenvalue weighted by atomic mass is 35.5. The lowest BCUT2D eigenvalue weighted by Gasteiger charge is -2.14. The molecule has 1 aliphatic heterocycles. The summed E-state index contributed by atoms with van der Waals surface area (Å²) in [5.74, 6) is 1.83. The van der Waals surface area contributed by atoms with E-state index in [-0.39, 0.29) is 16.0 Å². The van der Waals surface area contributed by atoms with Gasteiger partial charge in [0.05, 0.1) is 5.02 Å². The van der Waals surface area contributed by atoms with Crippen LogP contribution in [0.4, 0.5) is 0 Å². The monoisotopic (exact) mass is 348 g/mol. The Labute approximate surface area is 136 Å². The molecule has 1 aromatic rings. The molecule has 0 amide bonds. The largest absolute Gasteiger partial charge is 0.313 e. The first-order valence-electron chi connectivity index (χ1n) is 7.12. The van der Waals surface area contributed by atoms with Crippen molar-refractivity contribution in [2.75, 3.05) is 18.1 Å². The van der Waals surface area contributed by atoms with Crippen molar-refractivity contribution in [3.63, 3.8) is 0 Å². The standard InChI is InChI=1S/C14H21ClN2O2S2/c1-2-6-16-9-11-3-4-13(15)14(8-11)21(18,19)17-12-5-7-20-10-12/h3-4,8,12,16-17H,2,5-7,9-10H2,1H3. The fourth-order valence-corrected chi connectivity index (χ4v) is 5.26. The highest BCUT2D eigenvalue weighted by molar-refractivity contribution is 7.99. The van der Waals surface area contributed by atoms with E-state index in [1.165, 1.54) is 0 Å². The summed E-state index contributed by atoms with van der Waals surface area (Å²) in [5.41, 5.74) is 0.925. The van der Waals surface area contributed by atoms with Crippen LogP contribution in [0.5, 0.6) is 0 Å². The Morgan fingerprint density at radius 3 is 2.90 bits per heavy atom. The second-order valence-corrected chi connectivity index (χ2v) is 8.36. The summed E-state index contributed by atoms with van der Waals surface area (Å²) >= 11 is 7.85. The van der Waals surface area contributed by atoms with E-state index in [4.69, 9.17) is 11.6 Å². The van der Waals surface area contributed by atoms with E-state index in [1.807, 2.05) is 6.07 Å². The molecular weight excluding hydrogens is 328 g/mol. The predicted octanol–water partition coefficient (Wildman–Crippen LogP) is 2.62. The van der Waals surface area contributed by atoms with Crippen molar-refractivity contribution in [1.82, 2.24) is 10.0 Å². The minimum absolute atomic E-state index is 0.0120. The van der Waals surface area contributed by atoms with Crippen LogP contribution in [0.15, 0.2) is 23.1 Å². The average Bonchev–Trinajstić information content (AvgIpc) is 2.93. The minimum Gasteiger partial charge on any atom is -0.313 e. The van der Waals surface area contributed by atoms with E-state index in [0.717, 1.165) is 36.5 Å². The summed E-state index contributed by atoms with van der Waals surface area (Å²) in [4.78, 5) is 0.178. The average molecular weight is 349 g/mol. The van der Waals surface area contributed by atoms with Crippen molar-refractivity contribution in [2.45, 2.75) is 37.2 Å². The number of hydrogen-bond donors (Lipinski definition) is 2. The smallest absolute Gasteiger partial charge is 0.242 e. The topological polar surface area (TPSA) is 58.2 Å². The summed E-state index contributed by atoms with van der Waals surface area (Å²) < 4.78 is 27.7. The van der Waals surface area contributed by atoms with Gasteiger partial charge in [-0.1, -0.05) is 24.6 Å². The van der Waals surface area contributed by atoms with E-state index >= 15 is 0 Å². The Morgan fingerprint density at radius 2 is 2.24 bits per heavy atom. The van der Waals surface area contributed by atoms with Crippen molar-refractivity contribution in [3.05, 3.63) is 28.8 Å². The van der Waals surface area contributed by atoms with Crippen molar-refractivity contribution >= 4 is 33.4 Å². The number of sulfonamides is 1. The van der Waals surface area contributed by atoms with Crippen LogP contribution in [-0.4, -0.2) is 32.5 Å². The van der Waals surface area contributed by atoms with Gasteiger partial charge in [0.15, 0.2) is 0 Å². The molecule has 118 valence electrons. The molecule has 1 atom stereocenters. The molecule has 2 N–H and O–H groups in total. The van der Waals surface area contributed by atoms with Gasteiger partial charge in [0.2, 0.25) is 10.0 Å². The maximum absolute atomic E-state index is 12.5. The predicted molar refractivity (Wildman–Crippen MR) is 89.5 cm³/mol. The van der Waals surface area contributed by atoms with Gasteiger partial charge in [0, 0.05) is 18.3 Å². The van der Waals surface area contributed by atoms with Gasteiger partial charge in [0.25, 0.3) is 0 Å². The lowest BCUT2D eigenvalue weighted by Crippen LogP contribution is -2.34. The van der Waals surface area contributed by atoms with Crippen molar-refractivity contribution < 1.29 is 8.42 Å². The zero-order chi connectivity index (χ0) is 15.3. The summed E-state index contributed by atoms with van der Waals surface area (Å²) in [6, 6.07) is 5.19. The van der Waals surface area contributed by atoms with Gasteiger partial charge in [0.1, 0.15) is 4.90 Å². The van der Waals surface area contributed by atoms with Crippen molar-refractivity contribution in [1.29, 1.82) is 0 Å². The maximum atomic E-state index is 12.5. The Morgan fingerprint density at radius 1 is 1.43 bits per heavy atom. The molecule has 0 radical (unpaired) electrons. The molecule has 7 heteroatoms. The third-order valence-corrected chi connectivity index (χ3v) is 6.46. The van der Waals surface area contributed by atoms with Gasteiger partial charge in [-0.15, -0.1) is 0 Å². The first-order valence-corrected chi connectivity index (χ1v) is 10.1. The van der Waals surface area contributed by atoms with Crippen LogP contribution in [-0.2, 0) is 16.6 Å². The van der Waals surface area contributed by atoms with Crippen molar-refractivity contribution in [3.8, 4) is 0 Å². The number of nitrogens with one attached hydrogen (secondary N) is 2. The minimum atomic E-state index is -3.55. The van der Waals surface area contributed by atoms with Crippen LogP contribution < -0.4 is 10.0 Å². The van der Waals surface area contributed by atoms with Gasteiger partial charge in [-0.3, -0.25) is 0 Å². The summed E-state index contributed by atoms with van der Waals surface area (Å²) in [6.45, 7) is 3.64. The number of thioether (sulfide) groups is 1. The second kappa shape index (κ2) is 7.83. The van der Waals surface area contributed by atoms with Gasteiger partial charge in [-0.2, -0.15) is 11.8 Å². The van der Waals surface area contributed by atoms with E-state index in [2.05, 4.69) is 17.0 Å². The number of benzene rings is 1. The van der Waals surface area contributed by atoms with Crippen LogP contribution in [0.25, 0.3) is 0 Å². The quantitative estimate of drug-likeness (QED) is 0.744. The highest BCUT2D eigenvalue weighted by Crippen LogP contribution is 2.25. The molecule has 21 heavy (non-hydrogen) atoms. The second-order valence-electron chi connectivity index (χ2n) is 5.12. The van der Waals surface area contributed by atoms with Gasteiger partial charge in [-0.25, -0.2) is 13.1 Å². The first kappa shape index (κ1) is 17.1. The fourth-order valence-electron chi connectivity index (χ4n) is 2.18. The molecule has 0 bridgehead atoms. The lowest BCUT2D eigenvalue weighted by atomic mass is 10.2. The zero-order valence-electron chi connectivity index (χ0n) is 12.1. The Balaban J connectivity index is 2.14. The van der Waals surface area contributed by atoms with Crippen LogP contribution in [0.1, 0.15) is 25.3 Å². The molecular formula is C14H21ClN2O2S2. The normalized spacial score (nSPS) is 19.0. The van der Waals surface area contributed by atoms with E-state index in [0.29, 0.717) is 6.54 Å². The third kappa shape index (κ3) is 4.86. The van der Waals surface area contributed by atoms with E-state index < -0.39 is 10.0 Å². The lowest BCUT2D eigenvalue weighted by molar-refractivity contribution is 0.563. The molecule has 4 nitrogen and oxygen atoms in total.